The third-order valence-corrected chi connectivity index (χ3v) is 10.0. The molecule has 12 N–H and O–H groups in total. The zero-order valence-corrected chi connectivity index (χ0v) is 51.9. The van der Waals surface area contributed by atoms with E-state index in [-0.39, 0.29) is 93.9 Å². The van der Waals surface area contributed by atoms with Gasteiger partial charge in [-0.1, -0.05) is 0 Å². The van der Waals surface area contributed by atoms with Gasteiger partial charge in [0.2, 0.25) is 0 Å². The maximum atomic E-state index is 9.86. The second-order valence-corrected chi connectivity index (χ2v) is 21.7. The minimum absolute atomic E-state index is 0. The molecule has 2 aliphatic heterocycles. The smallest absolute Gasteiger partial charge is 0.412 e. The van der Waals surface area contributed by atoms with Gasteiger partial charge in [0, 0.05) is 157 Å². The van der Waals surface area contributed by atoms with Crippen LogP contribution in [0.1, 0.15) is 55.4 Å². The molecule has 34 nitrogen and oxygen atoms in total. The first-order valence-electron chi connectivity index (χ1n) is 24.0. The van der Waals surface area contributed by atoms with E-state index in [0.29, 0.717) is 52.4 Å². The van der Waals surface area contributed by atoms with Crippen molar-refractivity contribution in [2.45, 2.75) is 104 Å². The predicted octanol–water partition coefficient (Wildman–Crippen LogP) is -23.2. The molecule has 0 aromatic heterocycles. The van der Waals surface area contributed by atoms with Crippen molar-refractivity contribution in [3.63, 3.8) is 0 Å². The van der Waals surface area contributed by atoms with Crippen LogP contribution in [0.2, 0.25) is 0 Å². The van der Waals surface area contributed by atoms with Crippen molar-refractivity contribution in [1.82, 2.24) is 39.2 Å². The summed E-state index contributed by atoms with van der Waals surface area (Å²) in [4.78, 5) is 18.1. The Morgan fingerprint density at radius 1 is 0.225 bits per heavy atom. The Hall–Kier alpha value is 0.839. The van der Waals surface area contributed by atoms with Gasteiger partial charge in [-0.2, -0.15) is 0 Å². The average molecular weight is 1350 g/mol. The van der Waals surface area contributed by atoms with Crippen LogP contribution in [0.25, 0.3) is 0 Å². The molecule has 0 aliphatic carbocycles. The minimum Gasteiger partial charge on any atom is -0.412 e. The van der Waals surface area contributed by atoms with Crippen molar-refractivity contribution in [2.75, 3.05) is 157 Å². The van der Waals surface area contributed by atoms with Crippen LogP contribution >= 0.6 is 0 Å². The van der Waals surface area contributed by atoms with E-state index in [4.69, 9.17) is 74.5 Å². The van der Waals surface area contributed by atoms with Gasteiger partial charge in [0.05, 0.1) is 48.8 Å². The molecule has 40 heteroatoms. The van der Waals surface area contributed by atoms with Gasteiger partial charge in [0.15, 0.2) is 0 Å². The number of nitrogens with zero attached hydrogens (tertiary/aromatic N) is 8. The number of aliphatic hydroxyl groups excluding tert-OH is 8. The van der Waals surface area contributed by atoms with Crippen LogP contribution in [0.15, 0.2) is 0 Å². The van der Waals surface area contributed by atoms with Crippen LogP contribution < -0.4 is 74.5 Å². The van der Waals surface area contributed by atoms with Crippen LogP contribution in [0.4, 0.5) is 0 Å². The normalized spacial score (nSPS) is 20.4. The standard InChI is InChI=1S/2C20H44N4O4.4ClHO4.2Mn.2H2O/c2*1-17(25)13-21-5-7-22(14-18(2)26)9-11-24(16-20(4)28)12-10-23(8-6-21)15-19(3)27;4*2-1(3,4)5;;;;/h2*17-20,25-28H,5-16H2,1-4H3;4*(H,2,3,4,5);;;2*1H2/q;;;;;;2*+2;;/p-4/t2*17-,18-,19-,20+;;;;;;;;/m11......../s1. The molecule has 0 aromatic rings. The summed E-state index contributed by atoms with van der Waals surface area (Å²) in [6.07, 6.45) is -3.08. The molecule has 0 bridgehead atoms. The van der Waals surface area contributed by atoms with E-state index in [2.05, 4.69) is 39.2 Å². The van der Waals surface area contributed by atoms with Crippen LogP contribution in [-0.4, -0.2) is 297 Å². The molecule has 490 valence electrons. The molecule has 2 saturated heterocycles. The number of halogens is 4. The van der Waals surface area contributed by atoms with E-state index in [1.54, 1.807) is 0 Å². The number of rotatable bonds is 16. The van der Waals surface area contributed by atoms with Crippen LogP contribution in [0, 0.1) is 41.0 Å². The van der Waals surface area contributed by atoms with Gasteiger partial charge in [0.1, 0.15) is 0 Å². The summed E-state index contributed by atoms with van der Waals surface area (Å²) >= 11 is 0. The number of aliphatic hydroxyl groups is 8. The largest absolute Gasteiger partial charge is 2.00 e. The van der Waals surface area contributed by atoms with Gasteiger partial charge < -0.3 is 51.8 Å². The second-order valence-electron chi connectivity index (χ2n) is 18.7. The van der Waals surface area contributed by atoms with Crippen LogP contribution in [-0.2, 0) is 34.1 Å². The molecule has 2 fully saturated rings. The predicted molar refractivity (Wildman–Crippen MR) is 232 cm³/mol. The summed E-state index contributed by atoms with van der Waals surface area (Å²) in [6, 6.07) is 0. The second kappa shape index (κ2) is 52.9. The topological polar surface area (TPSA) is 620 Å². The van der Waals surface area contributed by atoms with Gasteiger partial charge in [-0.3, -0.25) is 39.2 Å². The minimum atomic E-state index is -4.94. The van der Waals surface area contributed by atoms with E-state index >= 15 is 0 Å². The van der Waals surface area contributed by atoms with Crippen molar-refractivity contribution < 1.29 is 201 Å². The van der Waals surface area contributed by atoms with Gasteiger partial charge in [-0.05, 0) is 55.4 Å². The molecule has 2 radical (unpaired) electrons. The third kappa shape index (κ3) is 90.0. The quantitative estimate of drug-likeness (QED) is 0.0665. The fourth-order valence-electron chi connectivity index (χ4n) is 7.61. The number of hydrogen-bond acceptors (Lipinski definition) is 32. The van der Waals surface area contributed by atoms with Crippen molar-refractivity contribution >= 4 is 0 Å². The maximum absolute atomic E-state index is 9.86. The fourth-order valence-corrected chi connectivity index (χ4v) is 7.61. The monoisotopic (exact) mass is 1350 g/mol. The zero-order valence-electron chi connectivity index (χ0n) is 46.5. The Morgan fingerprint density at radius 2 is 0.275 bits per heavy atom. The molecular weight excluding hydrogens is 1260 g/mol. The maximum Gasteiger partial charge on any atom is 2.00 e. The average Bonchev–Trinajstić information content (AvgIpc) is 3.16. The van der Waals surface area contributed by atoms with E-state index in [0.717, 1.165) is 105 Å². The SMILES string of the molecule is C[C@H](O)CN1CCN(C[C@@H](C)O)CCN(C[C@@H](C)O)CCN(C[C@@H](C)O)CC1.C[C@H](O)CN1CCN(C[C@@H](C)O)CCN(C[C@@H](C)O)CCN(C[C@@H](C)O)CC1.O.O.[Mn+2].[Mn+2].[O-][Cl+3]([O-])([O-])[O-].[O-][Cl+3]([O-])([O-])[O-].[O-][Cl+3]([O-])([O-])[O-].[O-][Cl+3]([O-])([O-])[O-]. The molecule has 0 aromatic carbocycles. The summed E-state index contributed by atoms with van der Waals surface area (Å²) in [6.45, 7) is 32.8. The molecule has 8 atom stereocenters. The van der Waals surface area contributed by atoms with Crippen molar-refractivity contribution in [1.29, 1.82) is 0 Å². The van der Waals surface area contributed by atoms with Crippen LogP contribution in [0.3, 0.4) is 0 Å². The van der Waals surface area contributed by atoms with Crippen LogP contribution in [0.5, 0.6) is 0 Å². The van der Waals surface area contributed by atoms with E-state index in [1.807, 2.05) is 55.4 Å². The zero-order chi connectivity index (χ0) is 60.2. The Balaban J connectivity index is -0.000000155. The Kier molecular flexibility index (Phi) is 64.2. The van der Waals surface area contributed by atoms with Gasteiger partial charge in [-0.15, -0.1) is 41.0 Å². The molecule has 2 rings (SSSR count). The molecular formula is C40H92Cl4Mn2N8O26. The van der Waals surface area contributed by atoms with Gasteiger partial charge >= 0.3 is 34.1 Å². The fraction of sp³-hybridized carbons (Fsp3) is 1.00. The molecule has 0 saturated carbocycles. The molecule has 0 amide bonds. The van der Waals surface area contributed by atoms with Gasteiger partial charge in [0.25, 0.3) is 0 Å². The summed E-state index contributed by atoms with van der Waals surface area (Å²) < 4.78 is 136. The first-order valence-corrected chi connectivity index (χ1v) is 28.9. The van der Waals surface area contributed by atoms with E-state index in [1.165, 1.54) is 0 Å². The third-order valence-electron chi connectivity index (χ3n) is 10.0. The number of hydrogen-bond donors (Lipinski definition) is 8. The molecule has 0 spiro atoms. The van der Waals surface area contributed by atoms with E-state index < -0.39 is 41.0 Å². The Morgan fingerprint density at radius 3 is 0.312 bits per heavy atom. The Labute approximate surface area is 499 Å². The summed E-state index contributed by atoms with van der Waals surface area (Å²) in [5, 5.41) is 78.8. The molecule has 2 heterocycles. The van der Waals surface area contributed by atoms with Crippen molar-refractivity contribution in [2.24, 2.45) is 0 Å². The van der Waals surface area contributed by atoms with E-state index in [9.17, 15) is 40.9 Å². The number of β-amino-alcohol motifs (C(OH)–C–C–N with tert-alkyl or cyclic N) is 8. The van der Waals surface area contributed by atoms with Crippen molar-refractivity contribution in [3.05, 3.63) is 0 Å². The molecule has 0 unspecified atom stereocenters. The summed E-state index contributed by atoms with van der Waals surface area (Å²) in [5.41, 5.74) is 0. The van der Waals surface area contributed by atoms with Gasteiger partial charge in [-0.25, -0.2) is 74.5 Å². The molecule has 80 heavy (non-hydrogen) atoms. The summed E-state index contributed by atoms with van der Waals surface area (Å²) in [5.74, 6) is 0. The first kappa shape index (κ1) is 97.1. The molecule has 2 aliphatic rings. The summed E-state index contributed by atoms with van der Waals surface area (Å²) in [7, 11) is -19.8. The Bertz CT molecular complexity index is 1030. The van der Waals surface area contributed by atoms with Crippen molar-refractivity contribution in [3.8, 4) is 0 Å². The first-order chi connectivity index (χ1) is 34.3.